The molecule has 0 rings (SSSR count). The van der Waals surface area contributed by atoms with Gasteiger partial charge in [0, 0.05) is 12.4 Å². The van der Waals surface area contributed by atoms with Gasteiger partial charge in [0.1, 0.15) is 16.4 Å². The molecule has 28 heteroatoms. The van der Waals surface area contributed by atoms with E-state index in [9.17, 15) is 119 Å². The van der Waals surface area contributed by atoms with Gasteiger partial charge in [-0.05, 0) is 0 Å². The minimum Gasteiger partial charge on any atom is -0.550 e. The summed E-state index contributed by atoms with van der Waals surface area (Å²) in [5.74, 6) is -36.5. The normalized spacial score (nSPS) is 12.5. The fourth-order valence-electron chi connectivity index (χ4n) is 5.96. The number of carboxylic acids is 12. The van der Waals surface area contributed by atoms with Crippen molar-refractivity contribution in [1.29, 1.82) is 0 Å². The summed E-state index contributed by atoms with van der Waals surface area (Å²) in [4.78, 5) is 149. The third-order valence-corrected chi connectivity index (χ3v) is 7.33. The predicted molar refractivity (Wildman–Crippen MR) is 130 cm³/mol. The topological polar surface area (TPSA) is 465 Å². The molecule has 0 radical (unpaired) electrons. The quantitative estimate of drug-likeness (QED) is 0.0411. The van der Waals surface area contributed by atoms with Crippen molar-refractivity contribution in [2.45, 2.75) is 56.1 Å². The Morgan fingerprint density at radius 3 is 0.827 bits per heavy atom. The average molecular weight is 780 g/mol. The molecule has 0 saturated heterocycles. The zero-order chi connectivity index (χ0) is 39.1. The van der Waals surface area contributed by atoms with Crippen molar-refractivity contribution in [3.8, 4) is 0 Å². The van der Waals surface area contributed by atoms with Crippen LogP contribution in [0.15, 0.2) is 0 Å². The van der Waals surface area contributed by atoms with E-state index in [0.717, 1.165) is 0 Å². The van der Waals surface area contributed by atoms with Crippen molar-refractivity contribution >= 4 is 71.6 Å². The number of aliphatic carboxylic acids is 12. The van der Waals surface area contributed by atoms with Gasteiger partial charge in [0.25, 0.3) is 0 Å². The summed E-state index contributed by atoms with van der Waals surface area (Å²) in [6, 6.07) is 0. The molecule has 0 aliphatic carbocycles. The summed E-state index contributed by atoms with van der Waals surface area (Å²) in [5, 5.41) is 127. The molecule has 0 heterocycles. The molecule has 0 spiro atoms. The Kier molecular flexibility index (Phi) is 22.1. The van der Waals surface area contributed by atoms with Crippen LogP contribution < -0.4 is 104 Å². The summed E-state index contributed by atoms with van der Waals surface area (Å²) in [5.41, 5.74) is -25.7. The summed E-state index contributed by atoms with van der Waals surface area (Å²) < 4.78 is 4.68. The van der Waals surface area contributed by atoms with E-state index in [4.69, 9.17) is 0 Å². The SMILES string of the molecule is O=C([O-])CC(OC(CC(=O)O)(CC(=O)O)C(=O)O)(C(=O)[O-])C(C(=O)[O-])(C(CC(=O)O)(CC(=O)O)C(=O)O)C(CC(=O)O)(CC(=O)O)C(=O)O.[Na+].[Na+].[Na+]. The van der Waals surface area contributed by atoms with Gasteiger partial charge < -0.3 is 80.4 Å². The van der Waals surface area contributed by atoms with Crippen LogP contribution in [0, 0.1) is 16.2 Å². The smallest absolute Gasteiger partial charge is 0.550 e. The Bertz CT molecular complexity index is 1400. The first-order valence-corrected chi connectivity index (χ1v) is 12.4. The second-order valence-electron chi connectivity index (χ2n) is 10.3. The Balaban J connectivity index is -0.00000384. The number of carbonyl (C=O) groups excluding carboxylic acids is 3. The number of rotatable bonds is 24. The first kappa shape index (κ1) is 55.4. The maximum Gasteiger partial charge on any atom is 1.00 e. The van der Waals surface area contributed by atoms with Gasteiger partial charge in [0.15, 0.2) is 5.60 Å². The second kappa shape index (κ2) is 20.7. The van der Waals surface area contributed by atoms with Crippen LogP contribution in [0.3, 0.4) is 0 Å². The maximum absolute atomic E-state index is 13.5. The summed E-state index contributed by atoms with van der Waals surface area (Å²) in [6.07, 6.45) is -19.0. The van der Waals surface area contributed by atoms with E-state index >= 15 is 0 Å². The number of hydrogen-bond donors (Lipinski definition) is 9. The molecule has 272 valence electrons. The number of hydrogen-bond acceptors (Lipinski definition) is 16. The van der Waals surface area contributed by atoms with E-state index < -0.39 is 144 Å². The molecule has 25 nitrogen and oxygen atoms in total. The Labute approximate surface area is 353 Å². The molecule has 0 aromatic carbocycles. The predicted octanol–water partition coefficient (Wildman–Crippen LogP) is -15.8. The van der Waals surface area contributed by atoms with Gasteiger partial charge in [0.05, 0.1) is 55.9 Å². The van der Waals surface area contributed by atoms with Crippen LogP contribution in [0.5, 0.6) is 0 Å². The summed E-state index contributed by atoms with van der Waals surface area (Å²) in [6.45, 7) is 0. The van der Waals surface area contributed by atoms with Gasteiger partial charge in [-0.2, -0.15) is 0 Å². The van der Waals surface area contributed by atoms with Crippen LogP contribution >= 0.6 is 0 Å². The largest absolute Gasteiger partial charge is 1.00 e. The first-order valence-electron chi connectivity index (χ1n) is 12.4. The van der Waals surface area contributed by atoms with Crippen LogP contribution in [-0.2, 0) is 62.3 Å². The molecule has 0 aliphatic heterocycles. The third kappa shape index (κ3) is 10.8. The van der Waals surface area contributed by atoms with Gasteiger partial charge in [-0.1, -0.05) is 0 Å². The average Bonchev–Trinajstić information content (AvgIpc) is 2.85. The van der Waals surface area contributed by atoms with Crippen LogP contribution in [0.1, 0.15) is 44.9 Å². The third-order valence-electron chi connectivity index (χ3n) is 7.33. The van der Waals surface area contributed by atoms with Gasteiger partial charge >= 0.3 is 142 Å². The molecule has 0 aromatic heterocycles. The molecule has 0 aliphatic rings. The van der Waals surface area contributed by atoms with Crippen molar-refractivity contribution in [2.75, 3.05) is 0 Å². The van der Waals surface area contributed by atoms with E-state index in [1.54, 1.807) is 0 Å². The molecule has 1 atom stereocenters. The zero-order valence-corrected chi connectivity index (χ0v) is 33.0. The van der Waals surface area contributed by atoms with Crippen molar-refractivity contribution in [2.24, 2.45) is 16.2 Å². The Hall–Kier alpha value is -3.40. The number of ether oxygens (including phenoxy) is 1. The molecular weight excluding hydrogens is 757 g/mol. The molecule has 0 saturated carbocycles. The maximum atomic E-state index is 13.5. The van der Waals surface area contributed by atoms with E-state index in [1.165, 1.54) is 0 Å². The minimum absolute atomic E-state index is 0. The van der Waals surface area contributed by atoms with E-state index in [-0.39, 0.29) is 88.7 Å². The van der Waals surface area contributed by atoms with Crippen LogP contribution in [-0.4, -0.2) is 129 Å². The van der Waals surface area contributed by atoms with Gasteiger partial charge in [-0.3, -0.25) is 38.4 Å². The Morgan fingerprint density at radius 1 is 0.404 bits per heavy atom. The summed E-state index contributed by atoms with van der Waals surface area (Å²) >= 11 is 0. The van der Waals surface area contributed by atoms with Crippen LogP contribution in [0.4, 0.5) is 0 Å². The van der Waals surface area contributed by atoms with Gasteiger partial charge in [-0.25, -0.2) is 4.79 Å². The first-order chi connectivity index (χ1) is 22.1. The zero-order valence-electron chi connectivity index (χ0n) is 27.0. The van der Waals surface area contributed by atoms with E-state index in [2.05, 4.69) is 4.74 Å². The molecule has 0 amide bonds. The molecule has 0 fully saturated rings. The van der Waals surface area contributed by atoms with Crippen LogP contribution in [0.25, 0.3) is 0 Å². The fraction of sp³-hybridized carbons (Fsp3) is 0.500. The molecule has 52 heavy (non-hydrogen) atoms. The molecule has 0 aromatic rings. The minimum atomic E-state index is -5.74. The monoisotopic (exact) mass is 780 g/mol. The van der Waals surface area contributed by atoms with Crippen molar-refractivity contribution < 1.29 is 212 Å². The fourth-order valence-corrected chi connectivity index (χ4v) is 5.96. The van der Waals surface area contributed by atoms with Gasteiger partial charge in [0.2, 0.25) is 0 Å². The van der Waals surface area contributed by atoms with Crippen molar-refractivity contribution in [3.63, 3.8) is 0 Å². The van der Waals surface area contributed by atoms with E-state index in [0.29, 0.717) is 0 Å². The van der Waals surface area contributed by atoms with Crippen molar-refractivity contribution in [1.82, 2.24) is 0 Å². The van der Waals surface area contributed by atoms with Gasteiger partial charge in [-0.15, -0.1) is 0 Å². The van der Waals surface area contributed by atoms with Crippen molar-refractivity contribution in [3.05, 3.63) is 0 Å². The molecule has 0 bridgehead atoms. The van der Waals surface area contributed by atoms with Crippen LogP contribution in [0.2, 0.25) is 0 Å². The number of carbonyl (C=O) groups is 12. The summed E-state index contributed by atoms with van der Waals surface area (Å²) in [7, 11) is 0. The molecule has 9 N–H and O–H groups in total. The standard InChI is InChI=1S/C24H26O25.3Na/c25-8(26)1-20(15(39)40,2-9(27)28)24(19(47)48,21(16(41)42,3-10(29)30)4-11(31)32)23(18(45)46,7-14(37)38)49-22(17(43)44,5-12(33)34)6-13(35)36;;;/h1-7H2,(H,25,26)(H,27,28)(H,29,30)(H,31,32)(H,33,34)(H,35,36)(H,37,38)(H,39,40)(H,41,42)(H,43,44)(H,45,46)(H,47,48);;;/q;3*+1/p-3. The number of carboxylic acid groups (broad SMARTS) is 12. The Morgan fingerprint density at radius 2 is 0.673 bits per heavy atom. The molecular formula is C24H23Na3O25. The second-order valence-corrected chi connectivity index (χ2v) is 10.3. The molecule has 1 unspecified atom stereocenters. The van der Waals surface area contributed by atoms with E-state index in [1.807, 2.05) is 0 Å².